The number of amides is 1. The molecule has 0 aliphatic heterocycles. The molecule has 0 saturated heterocycles. The van der Waals surface area contributed by atoms with Gasteiger partial charge in [-0.05, 0) is 38.1 Å². The zero-order valence-electron chi connectivity index (χ0n) is 13.9. The van der Waals surface area contributed by atoms with Crippen LogP contribution in [0.2, 0.25) is 0 Å². The third-order valence-electron chi connectivity index (χ3n) is 4.55. The van der Waals surface area contributed by atoms with Crippen molar-refractivity contribution >= 4 is 5.91 Å². The Morgan fingerprint density at radius 1 is 1.18 bits per heavy atom. The van der Waals surface area contributed by atoms with E-state index in [1.165, 1.54) is 43.2 Å². The summed E-state index contributed by atoms with van der Waals surface area (Å²) in [6.45, 7) is 1.93. The minimum absolute atomic E-state index is 0.0398. The number of likely N-dealkylation sites (N-methyl/N-ethyl adjacent to an activating group) is 1. The van der Waals surface area contributed by atoms with Crippen molar-refractivity contribution in [3.63, 3.8) is 0 Å². The van der Waals surface area contributed by atoms with Crippen LogP contribution in [0.15, 0.2) is 24.3 Å². The molecule has 0 atom stereocenters. The SMILES string of the molecule is CNCC(=O)NCc1ccccc1CN(C)C1CCCCC1. The maximum absolute atomic E-state index is 11.6. The van der Waals surface area contributed by atoms with E-state index in [2.05, 4.69) is 40.8 Å². The van der Waals surface area contributed by atoms with Gasteiger partial charge >= 0.3 is 0 Å². The Balaban J connectivity index is 1.93. The van der Waals surface area contributed by atoms with Crippen molar-refractivity contribution in [1.29, 1.82) is 0 Å². The highest BCUT2D eigenvalue weighted by atomic mass is 16.1. The zero-order valence-corrected chi connectivity index (χ0v) is 13.9. The van der Waals surface area contributed by atoms with E-state index in [-0.39, 0.29) is 5.91 Å². The van der Waals surface area contributed by atoms with Gasteiger partial charge in [0.05, 0.1) is 6.54 Å². The Labute approximate surface area is 134 Å². The summed E-state index contributed by atoms with van der Waals surface area (Å²) in [5.41, 5.74) is 2.54. The Morgan fingerprint density at radius 3 is 2.55 bits per heavy atom. The minimum atomic E-state index is 0.0398. The van der Waals surface area contributed by atoms with Crippen LogP contribution in [0.25, 0.3) is 0 Å². The summed E-state index contributed by atoms with van der Waals surface area (Å²) < 4.78 is 0. The van der Waals surface area contributed by atoms with E-state index in [1.807, 2.05) is 6.07 Å². The second-order valence-corrected chi connectivity index (χ2v) is 6.28. The van der Waals surface area contributed by atoms with Gasteiger partial charge in [0.25, 0.3) is 0 Å². The molecule has 1 aliphatic carbocycles. The number of hydrogen-bond donors (Lipinski definition) is 2. The fraction of sp³-hybridized carbons (Fsp3) is 0.611. The molecule has 1 aromatic rings. The molecular formula is C18H29N3O. The van der Waals surface area contributed by atoms with Crippen molar-refractivity contribution < 1.29 is 4.79 Å². The number of carbonyl (C=O) groups is 1. The van der Waals surface area contributed by atoms with Crippen LogP contribution in [0, 0.1) is 0 Å². The van der Waals surface area contributed by atoms with Crippen LogP contribution in [0.1, 0.15) is 43.2 Å². The van der Waals surface area contributed by atoms with Gasteiger partial charge in [0.1, 0.15) is 0 Å². The summed E-state index contributed by atoms with van der Waals surface area (Å²) in [7, 11) is 4.01. The lowest BCUT2D eigenvalue weighted by atomic mass is 9.94. The molecule has 0 aromatic heterocycles. The molecule has 0 spiro atoms. The zero-order chi connectivity index (χ0) is 15.8. The highest BCUT2D eigenvalue weighted by Crippen LogP contribution is 2.23. The Kier molecular flexibility index (Phi) is 6.87. The van der Waals surface area contributed by atoms with Gasteiger partial charge in [-0.2, -0.15) is 0 Å². The number of nitrogens with one attached hydrogen (secondary N) is 2. The van der Waals surface area contributed by atoms with E-state index in [0.29, 0.717) is 19.1 Å². The first-order valence-corrected chi connectivity index (χ1v) is 8.39. The van der Waals surface area contributed by atoms with Gasteiger partial charge in [-0.15, -0.1) is 0 Å². The van der Waals surface area contributed by atoms with Crippen LogP contribution in [0.4, 0.5) is 0 Å². The van der Waals surface area contributed by atoms with Gasteiger partial charge in [-0.1, -0.05) is 43.5 Å². The van der Waals surface area contributed by atoms with Crippen molar-refractivity contribution in [2.45, 2.75) is 51.2 Å². The van der Waals surface area contributed by atoms with Crippen LogP contribution in [-0.4, -0.2) is 37.5 Å². The minimum Gasteiger partial charge on any atom is -0.351 e. The lowest BCUT2D eigenvalue weighted by molar-refractivity contribution is -0.120. The van der Waals surface area contributed by atoms with E-state index in [0.717, 1.165) is 6.54 Å². The Hall–Kier alpha value is -1.39. The summed E-state index contributed by atoms with van der Waals surface area (Å²) in [6, 6.07) is 9.13. The predicted molar refractivity (Wildman–Crippen MR) is 90.6 cm³/mol. The average Bonchev–Trinajstić information content (AvgIpc) is 2.55. The lowest BCUT2D eigenvalue weighted by Gasteiger charge is -2.31. The maximum Gasteiger partial charge on any atom is 0.234 e. The van der Waals surface area contributed by atoms with Gasteiger partial charge in [-0.25, -0.2) is 0 Å². The standard InChI is InChI=1S/C18H29N3O/c1-19-13-18(22)20-12-15-8-6-7-9-16(15)14-21(2)17-10-4-3-5-11-17/h6-9,17,19H,3-5,10-14H2,1-2H3,(H,20,22). The third-order valence-corrected chi connectivity index (χ3v) is 4.55. The first kappa shape index (κ1) is 17.0. The van der Waals surface area contributed by atoms with Gasteiger partial charge in [0, 0.05) is 19.1 Å². The number of benzene rings is 1. The molecule has 22 heavy (non-hydrogen) atoms. The molecular weight excluding hydrogens is 274 g/mol. The van der Waals surface area contributed by atoms with Crippen molar-refractivity contribution in [2.75, 3.05) is 20.6 Å². The molecule has 0 heterocycles. The third kappa shape index (κ3) is 5.11. The van der Waals surface area contributed by atoms with Gasteiger partial charge in [0.2, 0.25) is 5.91 Å². The number of rotatable bonds is 7. The van der Waals surface area contributed by atoms with E-state index >= 15 is 0 Å². The summed E-state index contributed by atoms with van der Waals surface area (Å²) >= 11 is 0. The summed E-state index contributed by atoms with van der Waals surface area (Å²) in [5, 5.41) is 5.85. The van der Waals surface area contributed by atoms with Gasteiger partial charge < -0.3 is 10.6 Å². The highest BCUT2D eigenvalue weighted by Gasteiger charge is 2.18. The van der Waals surface area contributed by atoms with E-state index in [9.17, 15) is 4.79 Å². The van der Waals surface area contributed by atoms with Crippen molar-refractivity contribution in [2.24, 2.45) is 0 Å². The smallest absolute Gasteiger partial charge is 0.234 e. The number of hydrogen-bond acceptors (Lipinski definition) is 3. The quantitative estimate of drug-likeness (QED) is 0.812. The molecule has 4 nitrogen and oxygen atoms in total. The van der Waals surface area contributed by atoms with Crippen LogP contribution in [0.5, 0.6) is 0 Å². The molecule has 1 amide bonds. The maximum atomic E-state index is 11.6. The first-order valence-electron chi connectivity index (χ1n) is 8.39. The van der Waals surface area contributed by atoms with Crippen LogP contribution in [0.3, 0.4) is 0 Å². The summed E-state index contributed by atoms with van der Waals surface area (Å²) in [5.74, 6) is 0.0398. The van der Waals surface area contributed by atoms with Crippen LogP contribution >= 0.6 is 0 Å². The largest absolute Gasteiger partial charge is 0.351 e. The highest BCUT2D eigenvalue weighted by molar-refractivity contribution is 5.77. The number of carbonyl (C=O) groups excluding carboxylic acids is 1. The fourth-order valence-electron chi connectivity index (χ4n) is 3.22. The molecule has 4 heteroatoms. The topological polar surface area (TPSA) is 44.4 Å². The molecule has 0 bridgehead atoms. The van der Waals surface area contributed by atoms with Crippen molar-refractivity contribution in [3.8, 4) is 0 Å². The van der Waals surface area contributed by atoms with Crippen molar-refractivity contribution in [3.05, 3.63) is 35.4 Å². The monoisotopic (exact) mass is 303 g/mol. The molecule has 1 aliphatic rings. The average molecular weight is 303 g/mol. The van der Waals surface area contributed by atoms with Crippen molar-refractivity contribution in [1.82, 2.24) is 15.5 Å². The van der Waals surface area contributed by atoms with Gasteiger partial charge in [-0.3, -0.25) is 9.69 Å². The van der Waals surface area contributed by atoms with Crippen LogP contribution < -0.4 is 10.6 Å². The lowest BCUT2D eigenvalue weighted by Crippen LogP contribution is -2.34. The number of nitrogens with zero attached hydrogens (tertiary/aromatic N) is 1. The summed E-state index contributed by atoms with van der Waals surface area (Å²) in [6.07, 6.45) is 6.74. The molecule has 2 N–H and O–H groups in total. The molecule has 1 fully saturated rings. The molecule has 1 aromatic carbocycles. The Bertz CT molecular complexity index is 469. The molecule has 0 radical (unpaired) electrons. The fourth-order valence-corrected chi connectivity index (χ4v) is 3.22. The normalized spacial score (nSPS) is 16.0. The van der Waals surface area contributed by atoms with E-state index in [4.69, 9.17) is 0 Å². The molecule has 122 valence electrons. The van der Waals surface area contributed by atoms with E-state index < -0.39 is 0 Å². The molecule has 0 unspecified atom stereocenters. The molecule has 1 saturated carbocycles. The second kappa shape index (κ2) is 8.91. The first-order chi connectivity index (χ1) is 10.7. The second-order valence-electron chi connectivity index (χ2n) is 6.28. The summed E-state index contributed by atoms with van der Waals surface area (Å²) in [4.78, 5) is 14.1. The molecule has 2 rings (SSSR count). The Morgan fingerprint density at radius 2 is 1.86 bits per heavy atom. The van der Waals surface area contributed by atoms with Crippen LogP contribution in [-0.2, 0) is 17.9 Å². The van der Waals surface area contributed by atoms with E-state index in [1.54, 1.807) is 7.05 Å². The van der Waals surface area contributed by atoms with Gasteiger partial charge in [0.15, 0.2) is 0 Å². The predicted octanol–water partition coefficient (Wildman–Crippen LogP) is 2.29.